The monoisotopic (exact) mass is 364 g/mol. The summed E-state index contributed by atoms with van der Waals surface area (Å²) in [6.07, 6.45) is 3.66. The van der Waals surface area contributed by atoms with Crippen molar-refractivity contribution < 1.29 is 19.2 Å². The van der Waals surface area contributed by atoms with Crippen LogP contribution in [0.1, 0.15) is 39.1 Å². The lowest BCUT2D eigenvalue weighted by Gasteiger charge is -2.29. The first kappa shape index (κ1) is 16.9. The van der Waals surface area contributed by atoms with Gasteiger partial charge < -0.3 is 10.2 Å². The Morgan fingerprint density at radius 2 is 2.07 bits per heavy atom. The van der Waals surface area contributed by atoms with Gasteiger partial charge in [0, 0.05) is 30.3 Å². The molecule has 27 heavy (non-hydrogen) atoms. The van der Waals surface area contributed by atoms with Gasteiger partial charge in [-0.3, -0.25) is 29.5 Å². The van der Waals surface area contributed by atoms with E-state index in [1.807, 2.05) is 0 Å². The van der Waals surface area contributed by atoms with E-state index in [0.717, 1.165) is 0 Å². The number of piperidine rings is 1. The van der Waals surface area contributed by atoms with Crippen molar-refractivity contribution in [2.45, 2.75) is 25.4 Å². The molecule has 4 rings (SSSR count). The van der Waals surface area contributed by atoms with Gasteiger partial charge in [-0.15, -0.1) is 0 Å². The smallest absolute Gasteiger partial charge is 0.255 e. The second-order valence-corrected chi connectivity index (χ2v) is 6.47. The summed E-state index contributed by atoms with van der Waals surface area (Å²) in [5.74, 6) is -1.35. The van der Waals surface area contributed by atoms with Crippen molar-refractivity contribution >= 4 is 29.3 Å². The van der Waals surface area contributed by atoms with Gasteiger partial charge in [-0.05, 0) is 42.3 Å². The van der Waals surface area contributed by atoms with Gasteiger partial charge in [-0.25, -0.2) is 0 Å². The van der Waals surface area contributed by atoms with Crippen molar-refractivity contribution in [2.24, 2.45) is 0 Å². The molecule has 3 heterocycles. The van der Waals surface area contributed by atoms with Crippen molar-refractivity contribution in [3.05, 3.63) is 59.4 Å². The summed E-state index contributed by atoms with van der Waals surface area (Å²) in [6, 6.07) is 7.61. The van der Waals surface area contributed by atoms with Crippen LogP contribution in [0.25, 0.3) is 0 Å². The highest BCUT2D eigenvalue weighted by Gasteiger charge is 2.39. The van der Waals surface area contributed by atoms with Crippen LogP contribution in [0.5, 0.6) is 0 Å². The van der Waals surface area contributed by atoms with Gasteiger partial charge in [0.25, 0.3) is 11.8 Å². The van der Waals surface area contributed by atoms with Crippen molar-refractivity contribution in [2.75, 3.05) is 5.32 Å². The fraction of sp³-hybridized carbons (Fsp3) is 0.211. The summed E-state index contributed by atoms with van der Waals surface area (Å²) in [6.45, 7) is 0.231. The molecule has 0 radical (unpaired) electrons. The average Bonchev–Trinajstić information content (AvgIpc) is 2.98. The Labute approximate surface area is 154 Å². The molecule has 1 saturated heterocycles. The van der Waals surface area contributed by atoms with E-state index in [-0.39, 0.29) is 30.7 Å². The molecule has 1 atom stereocenters. The molecule has 8 heteroatoms. The largest absolute Gasteiger partial charge is 0.322 e. The van der Waals surface area contributed by atoms with E-state index in [9.17, 15) is 19.2 Å². The van der Waals surface area contributed by atoms with E-state index in [2.05, 4.69) is 15.6 Å². The van der Waals surface area contributed by atoms with Crippen LogP contribution in [0, 0.1) is 0 Å². The third-order valence-electron chi connectivity index (χ3n) is 4.71. The van der Waals surface area contributed by atoms with Gasteiger partial charge in [0.2, 0.25) is 11.8 Å². The molecule has 1 unspecified atom stereocenters. The average molecular weight is 364 g/mol. The van der Waals surface area contributed by atoms with Gasteiger partial charge in [0.15, 0.2) is 0 Å². The minimum atomic E-state index is -0.671. The number of carbonyl (C=O) groups is 4. The Balaban J connectivity index is 1.53. The second-order valence-electron chi connectivity index (χ2n) is 6.47. The van der Waals surface area contributed by atoms with E-state index in [1.54, 1.807) is 42.7 Å². The summed E-state index contributed by atoms with van der Waals surface area (Å²) in [7, 11) is 0. The Hall–Kier alpha value is -3.55. The van der Waals surface area contributed by atoms with Crippen LogP contribution in [-0.4, -0.2) is 39.6 Å². The second kappa shape index (κ2) is 6.64. The molecule has 2 aromatic rings. The first-order valence-corrected chi connectivity index (χ1v) is 8.52. The number of aromatic nitrogens is 1. The van der Waals surface area contributed by atoms with Gasteiger partial charge in [-0.2, -0.15) is 0 Å². The number of rotatable bonds is 3. The lowest BCUT2D eigenvalue weighted by Crippen LogP contribution is -2.52. The van der Waals surface area contributed by atoms with Gasteiger partial charge in [-0.1, -0.05) is 0 Å². The van der Waals surface area contributed by atoms with Gasteiger partial charge in [0.1, 0.15) is 6.04 Å². The molecule has 0 bridgehead atoms. The molecule has 0 aliphatic carbocycles. The van der Waals surface area contributed by atoms with Crippen molar-refractivity contribution in [1.82, 2.24) is 15.2 Å². The topological polar surface area (TPSA) is 108 Å². The molecular formula is C19H16N4O4. The number of nitrogens with one attached hydrogen (secondary N) is 2. The van der Waals surface area contributed by atoms with E-state index >= 15 is 0 Å². The highest BCUT2D eigenvalue weighted by Crippen LogP contribution is 2.28. The third-order valence-corrected chi connectivity index (χ3v) is 4.71. The van der Waals surface area contributed by atoms with Crippen LogP contribution >= 0.6 is 0 Å². The normalized spacial score (nSPS) is 18.9. The number of nitrogens with zero attached hydrogens (tertiary/aromatic N) is 2. The van der Waals surface area contributed by atoms with Crippen LogP contribution in [0.2, 0.25) is 0 Å². The Kier molecular flexibility index (Phi) is 4.15. The maximum atomic E-state index is 12.6. The zero-order valence-corrected chi connectivity index (χ0v) is 14.3. The summed E-state index contributed by atoms with van der Waals surface area (Å²) >= 11 is 0. The highest BCUT2D eigenvalue weighted by molar-refractivity contribution is 6.07. The predicted octanol–water partition coefficient (Wildman–Crippen LogP) is 1.09. The number of pyridine rings is 1. The summed E-state index contributed by atoms with van der Waals surface area (Å²) < 4.78 is 0. The molecule has 2 N–H and O–H groups in total. The molecule has 0 spiro atoms. The van der Waals surface area contributed by atoms with Gasteiger partial charge >= 0.3 is 0 Å². The SMILES string of the molecule is O=C1CCC(N2Cc3cc(C(=O)Nc4cccnc4)ccc3C2=O)C(=O)N1. The summed E-state index contributed by atoms with van der Waals surface area (Å²) in [5.41, 5.74) is 2.14. The Bertz CT molecular complexity index is 957. The zero-order valence-electron chi connectivity index (χ0n) is 14.3. The van der Waals surface area contributed by atoms with E-state index in [0.29, 0.717) is 28.8 Å². The van der Waals surface area contributed by atoms with E-state index in [4.69, 9.17) is 0 Å². The number of carbonyl (C=O) groups excluding carboxylic acids is 4. The molecule has 4 amide bonds. The fourth-order valence-corrected chi connectivity index (χ4v) is 3.36. The number of hydrogen-bond donors (Lipinski definition) is 2. The number of fused-ring (bicyclic) bond motifs is 1. The maximum absolute atomic E-state index is 12.6. The first-order valence-electron chi connectivity index (χ1n) is 8.52. The molecule has 2 aliphatic rings. The minimum Gasteiger partial charge on any atom is -0.322 e. The first-order chi connectivity index (χ1) is 13.0. The van der Waals surface area contributed by atoms with Gasteiger partial charge in [0.05, 0.1) is 11.9 Å². The number of benzene rings is 1. The van der Waals surface area contributed by atoms with Crippen molar-refractivity contribution in [1.29, 1.82) is 0 Å². The van der Waals surface area contributed by atoms with Crippen LogP contribution in [0.15, 0.2) is 42.7 Å². The molecule has 8 nitrogen and oxygen atoms in total. The number of amides is 4. The fourth-order valence-electron chi connectivity index (χ4n) is 3.36. The van der Waals surface area contributed by atoms with Crippen LogP contribution in [0.4, 0.5) is 5.69 Å². The molecule has 1 aromatic carbocycles. The molecule has 1 aromatic heterocycles. The number of imide groups is 1. The predicted molar refractivity (Wildman–Crippen MR) is 94.7 cm³/mol. The van der Waals surface area contributed by atoms with Crippen molar-refractivity contribution in [3.63, 3.8) is 0 Å². The van der Waals surface area contributed by atoms with Crippen LogP contribution < -0.4 is 10.6 Å². The molecule has 0 saturated carbocycles. The maximum Gasteiger partial charge on any atom is 0.255 e. The summed E-state index contributed by atoms with van der Waals surface area (Å²) in [4.78, 5) is 53.9. The molecular weight excluding hydrogens is 348 g/mol. The zero-order chi connectivity index (χ0) is 19.0. The Morgan fingerprint density at radius 1 is 1.22 bits per heavy atom. The number of hydrogen-bond acceptors (Lipinski definition) is 5. The quantitative estimate of drug-likeness (QED) is 0.793. The van der Waals surface area contributed by atoms with Crippen LogP contribution in [-0.2, 0) is 16.1 Å². The summed E-state index contributed by atoms with van der Waals surface area (Å²) in [5, 5.41) is 5.01. The lowest BCUT2D eigenvalue weighted by molar-refractivity contribution is -0.136. The molecule has 136 valence electrons. The Morgan fingerprint density at radius 3 is 2.81 bits per heavy atom. The standard InChI is InChI=1S/C19H16N4O4/c24-16-6-5-15(18(26)22-16)23-10-12-8-11(3-4-14(12)19(23)27)17(25)21-13-2-1-7-20-9-13/h1-4,7-9,15H,5-6,10H2,(H,21,25)(H,22,24,26). The lowest BCUT2D eigenvalue weighted by atomic mass is 10.0. The minimum absolute atomic E-state index is 0.204. The van der Waals surface area contributed by atoms with E-state index in [1.165, 1.54) is 4.90 Å². The molecule has 1 fully saturated rings. The third kappa shape index (κ3) is 3.17. The molecule has 2 aliphatic heterocycles. The van der Waals surface area contributed by atoms with E-state index < -0.39 is 11.9 Å². The van der Waals surface area contributed by atoms with Crippen LogP contribution in [0.3, 0.4) is 0 Å². The van der Waals surface area contributed by atoms with Crippen molar-refractivity contribution in [3.8, 4) is 0 Å². The number of anilines is 1. The highest BCUT2D eigenvalue weighted by atomic mass is 16.2.